The molecule has 1 rings (SSSR count). The number of ether oxygens (including phenoxy) is 1. The van der Waals surface area contributed by atoms with E-state index in [1.54, 1.807) is 0 Å². The Balaban J connectivity index is 2.60. The minimum absolute atomic E-state index is 0.0325. The average molecular weight is 206 g/mol. The Kier molecular flexibility index (Phi) is 4.16. The summed E-state index contributed by atoms with van der Waals surface area (Å²) in [5.41, 5.74) is 6.56. The second-order valence-corrected chi connectivity index (χ2v) is 3.63. The second kappa shape index (κ2) is 5.39. The fourth-order valence-corrected chi connectivity index (χ4v) is 1.24. The Bertz CT molecular complexity index is 336. The van der Waals surface area contributed by atoms with Crippen molar-refractivity contribution < 1.29 is 4.74 Å². The van der Waals surface area contributed by atoms with Crippen molar-refractivity contribution in [3.63, 3.8) is 0 Å². The van der Waals surface area contributed by atoms with Crippen LogP contribution in [0.25, 0.3) is 0 Å². The first kappa shape index (κ1) is 11.6. The number of nitrogens with two attached hydrogens (primary N) is 1. The van der Waals surface area contributed by atoms with Crippen LogP contribution in [0.15, 0.2) is 24.3 Å². The molecule has 15 heavy (non-hydrogen) atoms. The second-order valence-electron chi connectivity index (χ2n) is 3.63. The zero-order valence-corrected chi connectivity index (χ0v) is 9.29. The van der Waals surface area contributed by atoms with E-state index in [1.165, 1.54) is 5.56 Å². The Morgan fingerprint density at radius 3 is 2.73 bits per heavy atom. The van der Waals surface area contributed by atoms with E-state index >= 15 is 0 Å². The summed E-state index contributed by atoms with van der Waals surface area (Å²) in [6, 6.07) is 7.95. The van der Waals surface area contributed by atoms with Crippen molar-refractivity contribution in [2.75, 3.05) is 6.61 Å². The number of para-hydroxylation sites is 1. The van der Waals surface area contributed by atoms with Gasteiger partial charge >= 0.3 is 0 Å². The van der Waals surface area contributed by atoms with E-state index < -0.39 is 0 Å². The molecule has 1 atom stereocenters. The summed E-state index contributed by atoms with van der Waals surface area (Å²) in [7, 11) is 0. The van der Waals surface area contributed by atoms with Crippen molar-refractivity contribution in [3.05, 3.63) is 29.8 Å². The van der Waals surface area contributed by atoms with E-state index in [4.69, 9.17) is 15.9 Å². The molecule has 0 aromatic heterocycles. The van der Waals surface area contributed by atoms with E-state index in [9.17, 15) is 0 Å². The molecule has 82 valence electrons. The van der Waals surface area contributed by atoms with Gasteiger partial charge in [-0.25, -0.2) is 0 Å². The Morgan fingerprint density at radius 1 is 1.47 bits per heavy atom. The number of hydrogen-bond donors (Lipinski definition) is 2. The van der Waals surface area contributed by atoms with Crippen molar-refractivity contribution in [1.82, 2.24) is 0 Å². The van der Waals surface area contributed by atoms with Crippen LogP contribution in [-0.2, 0) is 6.42 Å². The quantitative estimate of drug-likeness (QED) is 0.573. The maximum Gasteiger partial charge on any atom is 0.122 e. The molecule has 0 heterocycles. The van der Waals surface area contributed by atoms with Gasteiger partial charge in [-0.2, -0.15) is 0 Å². The monoisotopic (exact) mass is 206 g/mol. The molecule has 0 saturated heterocycles. The summed E-state index contributed by atoms with van der Waals surface area (Å²) < 4.78 is 5.63. The molecule has 0 fully saturated rings. The zero-order valence-electron chi connectivity index (χ0n) is 9.29. The molecule has 0 spiro atoms. The van der Waals surface area contributed by atoms with Crippen LogP contribution in [0.1, 0.15) is 19.4 Å². The summed E-state index contributed by atoms with van der Waals surface area (Å²) in [6.07, 6.45) is 0.949. The van der Waals surface area contributed by atoms with E-state index in [0.717, 1.165) is 12.2 Å². The molecule has 0 saturated carbocycles. The van der Waals surface area contributed by atoms with Gasteiger partial charge in [0.05, 0.1) is 12.4 Å². The molecular weight excluding hydrogens is 188 g/mol. The van der Waals surface area contributed by atoms with E-state index in [0.29, 0.717) is 6.61 Å². The number of aryl methyl sites for hydroxylation is 1. The Hall–Kier alpha value is -1.51. The average Bonchev–Trinajstić information content (AvgIpc) is 2.26. The number of benzene rings is 1. The van der Waals surface area contributed by atoms with Crippen LogP contribution in [0.5, 0.6) is 5.75 Å². The van der Waals surface area contributed by atoms with Gasteiger partial charge in [0.1, 0.15) is 5.75 Å². The molecule has 1 aromatic rings. The SMILES string of the molecule is CCc1ccccc1OCC(C)C(=N)N. The summed E-state index contributed by atoms with van der Waals surface area (Å²) in [4.78, 5) is 0. The summed E-state index contributed by atoms with van der Waals surface area (Å²) in [5.74, 6) is 1.03. The molecule has 0 radical (unpaired) electrons. The predicted octanol–water partition coefficient (Wildman–Crippen LogP) is 2.20. The summed E-state index contributed by atoms with van der Waals surface area (Å²) in [6.45, 7) is 4.44. The largest absolute Gasteiger partial charge is 0.493 e. The highest BCUT2D eigenvalue weighted by molar-refractivity contribution is 5.79. The highest BCUT2D eigenvalue weighted by atomic mass is 16.5. The van der Waals surface area contributed by atoms with Gasteiger partial charge in [0.2, 0.25) is 0 Å². The smallest absolute Gasteiger partial charge is 0.122 e. The fourth-order valence-electron chi connectivity index (χ4n) is 1.24. The van der Waals surface area contributed by atoms with Gasteiger partial charge in [-0.1, -0.05) is 32.0 Å². The van der Waals surface area contributed by atoms with Crippen molar-refractivity contribution in [2.24, 2.45) is 11.7 Å². The topological polar surface area (TPSA) is 59.1 Å². The third kappa shape index (κ3) is 3.27. The summed E-state index contributed by atoms with van der Waals surface area (Å²) >= 11 is 0. The summed E-state index contributed by atoms with van der Waals surface area (Å²) in [5, 5.41) is 7.26. The van der Waals surface area contributed by atoms with Gasteiger partial charge in [-0.3, -0.25) is 5.41 Å². The lowest BCUT2D eigenvalue weighted by Gasteiger charge is -2.13. The first-order valence-corrected chi connectivity index (χ1v) is 5.19. The van der Waals surface area contributed by atoms with Crippen molar-refractivity contribution in [3.8, 4) is 5.75 Å². The van der Waals surface area contributed by atoms with Crippen LogP contribution in [0.3, 0.4) is 0 Å². The van der Waals surface area contributed by atoms with Gasteiger partial charge in [-0.15, -0.1) is 0 Å². The minimum atomic E-state index is -0.0325. The van der Waals surface area contributed by atoms with Crippen LogP contribution in [0.2, 0.25) is 0 Å². The van der Waals surface area contributed by atoms with Crippen molar-refractivity contribution in [1.29, 1.82) is 5.41 Å². The van der Waals surface area contributed by atoms with E-state index in [2.05, 4.69) is 6.92 Å². The molecule has 0 aliphatic rings. The third-order valence-corrected chi connectivity index (χ3v) is 2.37. The van der Waals surface area contributed by atoms with Gasteiger partial charge in [-0.05, 0) is 18.1 Å². The molecule has 3 heteroatoms. The minimum Gasteiger partial charge on any atom is -0.493 e. The molecule has 3 nitrogen and oxygen atoms in total. The number of hydrogen-bond acceptors (Lipinski definition) is 2. The Labute approximate surface area is 90.8 Å². The molecule has 3 N–H and O–H groups in total. The van der Waals surface area contributed by atoms with Crippen molar-refractivity contribution >= 4 is 5.84 Å². The molecule has 1 unspecified atom stereocenters. The maximum absolute atomic E-state index is 7.26. The maximum atomic E-state index is 7.26. The third-order valence-electron chi connectivity index (χ3n) is 2.37. The van der Waals surface area contributed by atoms with Crippen LogP contribution in [0.4, 0.5) is 0 Å². The fraction of sp³-hybridized carbons (Fsp3) is 0.417. The first-order valence-electron chi connectivity index (χ1n) is 5.19. The predicted molar refractivity (Wildman–Crippen MR) is 62.4 cm³/mol. The first-order chi connectivity index (χ1) is 7.15. The highest BCUT2D eigenvalue weighted by Gasteiger charge is 2.07. The van der Waals surface area contributed by atoms with Gasteiger partial charge < -0.3 is 10.5 Å². The van der Waals surface area contributed by atoms with E-state index in [-0.39, 0.29) is 11.8 Å². The van der Waals surface area contributed by atoms with Crippen LogP contribution < -0.4 is 10.5 Å². The lowest BCUT2D eigenvalue weighted by molar-refractivity contribution is 0.289. The standard InChI is InChI=1S/C12H18N2O/c1-3-10-6-4-5-7-11(10)15-8-9(2)12(13)14/h4-7,9H,3,8H2,1-2H3,(H3,13,14). The van der Waals surface area contributed by atoms with Crippen LogP contribution >= 0.6 is 0 Å². The highest BCUT2D eigenvalue weighted by Crippen LogP contribution is 2.18. The van der Waals surface area contributed by atoms with Gasteiger partial charge in [0.15, 0.2) is 0 Å². The van der Waals surface area contributed by atoms with Crippen molar-refractivity contribution in [2.45, 2.75) is 20.3 Å². The Morgan fingerprint density at radius 2 is 2.13 bits per heavy atom. The normalized spacial score (nSPS) is 12.1. The van der Waals surface area contributed by atoms with Gasteiger partial charge in [0.25, 0.3) is 0 Å². The molecular formula is C12H18N2O. The lowest BCUT2D eigenvalue weighted by Crippen LogP contribution is -2.25. The lowest BCUT2D eigenvalue weighted by atomic mass is 10.1. The number of amidine groups is 1. The number of rotatable bonds is 5. The molecule has 0 aliphatic heterocycles. The molecule has 0 aliphatic carbocycles. The molecule has 0 bridgehead atoms. The van der Waals surface area contributed by atoms with Gasteiger partial charge in [0, 0.05) is 5.92 Å². The number of nitrogens with one attached hydrogen (secondary N) is 1. The molecule has 0 amide bonds. The molecule has 1 aromatic carbocycles. The van der Waals surface area contributed by atoms with E-state index in [1.807, 2.05) is 31.2 Å². The zero-order chi connectivity index (χ0) is 11.3. The van der Waals surface area contributed by atoms with Crippen LogP contribution in [-0.4, -0.2) is 12.4 Å². The van der Waals surface area contributed by atoms with Crippen LogP contribution in [0, 0.1) is 11.3 Å².